The molecule has 0 amide bonds. The van der Waals surface area contributed by atoms with Gasteiger partial charge in [-0.25, -0.2) is 4.39 Å². The summed E-state index contributed by atoms with van der Waals surface area (Å²) in [6.45, 7) is 6.55. The minimum atomic E-state index is -0.134. The zero-order valence-corrected chi connectivity index (χ0v) is 12.9. The predicted octanol–water partition coefficient (Wildman–Crippen LogP) is 4.57. The van der Waals surface area contributed by atoms with E-state index < -0.39 is 0 Å². The van der Waals surface area contributed by atoms with Gasteiger partial charge in [-0.15, -0.1) is 0 Å². The van der Waals surface area contributed by atoms with Crippen LogP contribution >= 0.6 is 0 Å². The molecule has 21 heavy (non-hydrogen) atoms. The van der Waals surface area contributed by atoms with E-state index in [1.54, 1.807) is 12.1 Å². The highest BCUT2D eigenvalue weighted by Crippen LogP contribution is 2.33. The predicted molar refractivity (Wildman–Crippen MR) is 85.1 cm³/mol. The van der Waals surface area contributed by atoms with E-state index in [0.29, 0.717) is 12.0 Å². The van der Waals surface area contributed by atoms with Crippen LogP contribution < -0.4 is 5.32 Å². The number of hydrogen-bond donors (Lipinski definition) is 1. The number of hydrogen-bond acceptors (Lipinski definition) is 1. The molecular weight excluding hydrogens is 261 g/mol. The molecule has 3 rings (SSSR count). The first-order valence-electron chi connectivity index (χ1n) is 7.69. The maximum absolute atomic E-state index is 14.2. The fourth-order valence-electron chi connectivity index (χ4n) is 3.16. The van der Waals surface area contributed by atoms with Gasteiger partial charge in [-0.1, -0.05) is 50.2 Å². The molecule has 0 bridgehead atoms. The van der Waals surface area contributed by atoms with Crippen molar-refractivity contribution in [3.05, 3.63) is 70.5 Å². The molecule has 1 heterocycles. The second kappa shape index (κ2) is 5.61. The Kier molecular flexibility index (Phi) is 3.81. The summed E-state index contributed by atoms with van der Waals surface area (Å²) in [6, 6.07) is 14.1. The molecule has 0 radical (unpaired) electrons. The first-order valence-corrected chi connectivity index (χ1v) is 7.69. The van der Waals surface area contributed by atoms with Gasteiger partial charge in [0.2, 0.25) is 0 Å². The van der Waals surface area contributed by atoms with E-state index in [0.717, 1.165) is 12.0 Å². The summed E-state index contributed by atoms with van der Waals surface area (Å²) in [5, 5.41) is 3.56. The number of nitrogens with one attached hydrogen (secondary N) is 1. The van der Waals surface area contributed by atoms with Gasteiger partial charge in [-0.3, -0.25) is 0 Å². The highest BCUT2D eigenvalue weighted by atomic mass is 19.1. The molecule has 1 aliphatic rings. The molecule has 2 unspecified atom stereocenters. The lowest BCUT2D eigenvalue weighted by Gasteiger charge is -2.32. The zero-order valence-electron chi connectivity index (χ0n) is 12.9. The Labute approximate surface area is 126 Å². The molecule has 0 saturated carbocycles. The van der Waals surface area contributed by atoms with Crippen molar-refractivity contribution in [3.63, 3.8) is 0 Å². The Morgan fingerprint density at radius 1 is 1.10 bits per heavy atom. The van der Waals surface area contributed by atoms with Gasteiger partial charge in [0.05, 0.1) is 6.04 Å². The largest absolute Gasteiger partial charge is 0.303 e. The second-order valence-corrected chi connectivity index (χ2v) is 6.34. The van der Waals surface area contributed by atoms with Gasteiger partial charge < -0.3 is 5.32 Å². The van der Waals surface area contributed by atoms with Crippen LogP contribution in [-0.4, -0.2) is 6.04 Å². The quantitative estimate of drug-likeness (QED) is 0.851. The van der Waals surface area contributed by atoms with Crippen LogP contribution in [-0.2, 0) is 6.42 Å². The van der Waals surface area contributed by atoms with E-state index in [1.807, 2.05) is 12.1 Å². The number of benzene rings is 2. The average molecular weight is 283 g/mol. The second-order valence-electron chi connectivity index (χ2n) is 6.34. The third kappa shape index (κ3) is 2.73. The molecule has 1 N–H and O–H groups in total. The fourth-order valence-corrected chi connectivity index (χ4v) is 3.16. The Bertz CT molecular complexity index is 648. The standard InChI is InChI=1S/C19H22FN/c1-12(2)14-8-9-15-10-13(3)21-19(17(15)11-14)16-6-4-5-7-18(16)20/h4-9,11-13,19,21H,10H2,1-3H3. The lowest BCUT2D eigenvalue weighted by molar-refractivity contribution is 0.450. The van der Waals surface area contributed by atoms with Gasteiger partial charge in [0.15, 0.2) is 0 Å². The van der Waals surface area contributed by atoms with E-state index in [4.69, 9.17) is 0 Å². The molecule has 0 aromatic heterocycles. The normalized spacial score (nSPS) is 21.4. The summed E-state index contributed by atoms with van der Waals surface area (Å²) >= 11 is 0. The summed E-state index contributed by atoms with van der Waals surface area (Å²) in [5.41, 5.74) is 4.61. The zero-order chi connectivity index (χ0) is 15.0. The van der Waals surface area contributed by atoms with Crippen molar-refractivity contribution >= 4 is 0 Å². The molecule has 2 atom stereocenters. The summed E-state index contributed by atoms with van der Waals surface area (Å²) in [6.07, 6.45) is 0.999. The smallest absolute Gasteiger partial charge is 0.128 e. The van der Waals surface area contributed by atoms with Crippen molar-refractivity contribution in [1.29, 1.82) is 0 Å². The Morgan fingerprint density at radius 3 is 2.57 bits per heavy atom. The highest BCUT2D eigenvalue weighted by molar-refractivity contribution is 5.43. The molecule has 1 aliphatic heterocycles. The van der Waals surface area contributed by atoms with E-state index in [-0.39, 0.29) is 11.9 Å². The number of rotatable bonds is 2. The van der Waals surface area contributed by atoms with Gasteiger partial charge in [-0.2, -0.15) is 0 Å². The number of halogens is 1. The maximum Gasteiger partial charge on any atom is 0.128 e. The molecule has 0 saturated heterocycles. The topological polar surface area (TPSA) is 12.0 Å². The molecule has 0 spiro atoms. The Hall–Kier alpha value is -1.67. The molecule has 110 valence electrons. The van der Waals surface area contributed by atoms with E-state index in [9.17, 15) is 4.39 Å². The van der Waals surface area contributed by atoms with Crippen molar-refractivity contribution in [3.8, 4) is 0 Å². The lowest BCUT2D eigenvalue weighted by atomic mass is 9.84. The third-order valence-corrected chi connectivity index (χ3v) is 4.34. The van der Waals surface area contributed by atoms with Gasteiger partial charge >= 0.3 is 0 Å². The van der Waals surface area contributed by atoms with Gasteiger partial charge in [0.1, 0.15) is 5.82 Å². The van der Waals surface area contributed by atoms with Crippen LogP contribution in [0.4, 0.5) is 4.39 Å². The Morgan fingerprint density at radius 2 is 1.86 bits per heavy atom. The molecule has 1 nitrogen and oxygen atoms in total. The Balaban J connectivity index is 2.11. The summed E-state index contributed by atoms with van der Waals surface area (Å²) in [5.74, 6) is 0.348. The monoisotopic (exact) mass is 283 g/mol. The molecule has 2 aromatic carbocycles. The van der Waals surface area contributed by atoms with Crippen LogP contribution in [0, 0.1) is 5.82 Å². The minimum Gasteiger partial charge on any atom is -0.303 e. The molecular formula is C19H22FN. The summed E-state index contributed by atoms with van der Waals surface area (Å²) in [4.78, 5) is 0. The number of fused-ring (bicyclic) bond motifs is 1. The van der Waals surface area contributed by atoms with Crippen LogP contribution in [0.1, 0.15) is 55.0 Å². The molecule has 2 aromatic rings. The lowest BCUT2D eigenvalue weighted by Crippen LogP contribution is -2.38. The summed E-state index contributed by atoms with van der Waals surface area (Å²) < 4.78 is 14.2. The van der Waals surface area contributed by atoms with Crippen molar-refractivity contribution in [2.75, 3.05) is 0 Å². The van der Waals surface area contributed by atoms with Crippen molar-refractivity contribution in [2.45, 2.75) is 45.2 Å². The van der Waals surface area contributed by atoms with Crippen LogP contribution in [0.2, 0.25) is 0 Å². The highest BCUT2D eigenvalue weighted by Gasteiger charge is 2.27. The summed E-state index contributed by atoms with van der Waals surface area (Å²) in [7, 11) is 0. The van der Waals surface area contributed by atoms with Gasteiger partial charge in [0, 0.05) is 11.6 Å². The van der Waals surface area contributed by atoms with Crippen LogP contribution in [0.15, 0.2) is 42.5 Å². The molecule has 2 heteroatoms. The minimum absolute atomic E-state index is 0.0522. The van der Waals surface area contributed by atoms with E-state index >= 15 is 0 Å². The SMILES string of the molecule is CC1Cc2ccc(C(C)C)cc2C(c2ccccc2F)N1. The van der Waals surface area contributed by atoms with E-state index in [2.05, 4.69) is 44.3 Å². The van der Waals surface area contributed by atoms with Crippen molar-refractivity contribution in [2.24, 2.45) is 0 Å². The maximum atomic E-state index is 14.2. The van der Waals surface area contributed by atoms with Gasteiger partial charge in [-0.05, 0) is 42.0 Å². The molecule has 0 aliphatic carbocycles. The third-order valence-electron chi connectivity index (χ3n) is 4.34. The first-order chi connectivity index (χ1) is 10.1. The fraction of sp³-hybridized carbons (Fsp3) is 0.368. The van der Waals surface area contributed by atoms with Crippen LogP contribution in [0.5, 0.6) is 0 Å². The van der Waals surface area contributed by atoms with Crippen LogP contribution in [0.3, 0.4) is 0 Å². The molecule has 0 fully saturated rings. The van der Waals surface area contributed by atoms with Crippen molar-refractivity contribution < 1.29 is 4.39 Å². The van der Waals surface area contributed by atoms with Gasteiger partial charge in [0.25, 0.3) is 0 Å². The van der Waals surface area contributed by atoms with Crippen molar-refractivity contribution in [1.82, 2.24) is 5.32 Å². The van der Waals surface area contributed by atoms with Crippen LogP contribution in [0.25, 0.3) is 0 Å². The first kappa shape index (κ1) is 14.3. The average Bonchev–Trinajstić information content (AvgIpc) is 2.46. The van der Waals surface area contributed by atoms with E-state index in [1.165, 1.54) is 16.7 Å².